The topological polar surface area (TPSA) is 0 Å². The standard InChI is InChI=1S/2C6H7.C2H7Si.CH3Cl.Hf/c2*1-6-4-2-3-5-6;1-3-2;1-2;/h2*2,4H,3H2,1H3;3H,1-2H3;1H3;/q2*-1;;;. The van der Waals surface area contributed by atoms with Gasteiger partial charge in [0.15, 0.2) is 0 Å². The minimum atomic E-state index is 0. The van der Waals surface area contributed by atoms with Crippen molar-refractivity contribution < 1.29 is 25.8 Å². The zero-order valence-corrected chi connectivity index (χ0v) is 17.7. The molecule has 0 heterocycles. The molecule has 0 amide bonds. The molecule has 3 heteroatoms. The monoisotopic (exact) mass is 447 g/mol. The van der Waals surface area contributed by atoms with E-state index in [1.54, 1.807) is 0 Å². The van der Waals surface area contributed by atoms with Crippen molar-refractivity contribution in [3.8, 4) is 0 Å². The second-order valence-corrected chi connectivity index (χ2v) is 4.66. The summed E-state index contributed by atoms with van der Waals surface area (Å²) in [6.07, 6.45) is 18.1. The molecule has 0 N–H and O–H groups in total. The average Bonchev–Trinajstić information content (AvgIpc) is 2.97. The fraction of sp³-hybridized carbons (Fsp3) is 0.467. The minimum Gasteiger partial charge on any atom is -0.270 e. The minimum absolute atomic E-state index is 0. The largest absolute Gasteiger partial charge is 0.270 e. The molecule has 2 rings (SSSR count). The van der Waals surface area contributed by atoms with E-state index in [4.69, 9.17) is 0 Å². The van der Waals surface area contributed by atoms with E-state index >= 15 is 0 Å². The van der Waals surface area contributed by atoms with Crippen LogP contribution in [0, 0.1) is 12.2 Å². The molecular weight excluding hydrogens is 422 g/mol. The fourth-order valence-corrected chi connectivity index (χ4v) is 1.03. The van der Waals surface area contributed by atoms with Gasteiger partial charge in [0.2, 0.25) is 0 Å². The molecule has 101 valence electrons. The zero-order chi connectivity index (χ0) is 13.5. The first-order valence-electron chi connectivity index (χ1n) is 5.80. The first-order valence-corrected chi connectivity index (χ1v) is 8.87. The van der Waals surface area contributed by atoms with Crippen molar-refractivity contribution in [2.45, 2.75) is 39.8 Å². The van der Waals surface area contributed by atoms with Crippen molar-refractivity contribution in [2.75, 3.05) is 6.38 Å². The van der Waals surface area contributed by atoms with Gasteiger partial charge in [-0.25, -0.2) is 23.3 Å². The number of hydrogen-bond donors (Lipinski definition) is 0. The molecule has 2 aliphatic rings. The molecule has 0 unspecified atom stereocenters. The Bertz CT molecular complexity index is 245. The molecule has 1 radical (unpaired) electrons. The van der Waals surface area contributed by atoms with Gasteiger partial charge in [0, 0.05) is 41.7 Å². The van der Waals surface area contributed by atoms with Crippen LogP contribution in [0.5, 0.6) is 0 Å². The van der Waals surface area contributed by atoms with Crippen LogP contribution in [0.4, 0.5) is 0 Å². The van der Waals surface area contributed by atoms with E-state index in [1.165, 1.54) is 17.5 Å². The maximum atomic E-state index is 4.64. The first-order chi connectivity index (χ1) is 8.20. The smallest absolute Gasteiger partial charge is 0.0213 e. The summed E-state index contributed by atoms with van der Waals surface area (Å²) in [5.41, 5.74) is 2.55. The van der Waals surface area contributed by atoms with E-state index in [0.717, 1.165) is 22.4 Å². The Kier molecular flexibility index (Phi) is 25.6. The van der Waals surface area contributed by atoms with Crippen molar-refractivity contribution in [3.63, 3.8) is 0 Å². The molecule has 0 aromatic carbocycles. The van der Waals surface area contributed by atoms with Crippen LogP contribution >= 0.6 is 11.6 Å². The van der Waals surface area contributed by atoms with Crippen molar-refractivity contribution in [1.82, 2.24) is 0 Å². The van der Waals surface area contributed by atoms with Gasteiger partial charge in [-0.2, -0.15) is 12.2 Å². The quantitative estimate of drug-likeness (QED) is 0.286. The van der Waals surface area contributed by atoms with Gasteiger partial charge >= 0.3 is 0 Å². The Morgan fingerprint density at radius 3 is 1.28 bits per heavy atom. The first kappa shape index (κ1) is 23.4. The van der Waals surface area contributed by atoms with E-state index in [1.807, 2.05) is 0 Å². The molecule has 18 heavy (non-hydrogen) atoms. The number of rotatable bonds is 0. The van der Waals surface area contributed by atoms with Crippen LogP contribution in [0.2, 0.25) is 13.1 Å². The summed E-state index contributed by atoms with van der Waals surface area (Å²) in [5.74, 6) is 0. The van der Waals surface area contributed by atoms with Gasteiger partial charge in [0.25, 0.3) is 0 Å². The maximum absolute atomic E-state index is 4.64. The molecule has 0 aromatic heterocycles. The summed E-state index contributed by atoms with van der Waals surface area (Å²) in [5, 5.41) is 0. The van der Waals surface area contributed by atoms with Crippen molar-refractivity contribution in [1.29, 1.82) is 0 Å². The number of alkyl halides is 1. The average molecular weight is 446 g/mol. The summed E-state index contributed by atoms with van der Waals surface area (Å²) < 4.78 is 0. The van der Waals surface area contributed by atoms with Crippen LogP contribution in [0.1, 0.15) is 26.7 Å². The summed E-state index contributed by atoms with van der Waals surface area (Å²) in [7, 11) is 0.750. The van der Waals surface area contributed by atoms with E-state index in [-0.39, 0.29) is 25.8 Å². The molecule has 0 aliphatic heterocycles. The third-order valence-electron chi connectivity index (χ3n) is 1.73. The van der Waals surface area contributed by atoms with E-state index < -0.39 is 0 Å². The Morgan fingerprint density at radius 2 is 1.22 bits per heavy atom. The van der Waals surface area contributed by atoms with E-state index in [0.29, 0.717) is 0 Å². The number of allylic oxidation sites excluding steroid dienone is 8. The van der Waals surface area contributed by atoms with Gasteiger partial charge in [-0.3, -0.25) is 12.2 Å². The summed E-state index contributed by atoms with van der Waals surface area (Å²) in [4.78, 5) is 0. The Morgan fingerprint density at radius 1 is 0.944 bits per heavy atom. The molecule has 0 nitrogen and oxygen atoms in total. The van der Waals surface area contributed by atoms with Crippen LogP contribution in [0.3, 0.4) is 0 Å². The SMILES string of the molecule is CC1=[C-]CC=C1.CC1=[C-]CC=C1.CCl.C[SiH]C.[Hf]. The van der Waals surface area contributed by atoms with Gasteiger partial charge < -0.3 is 0 Å². The van der Waals surface area contributed by atoms with E-state index in [2.05, 4.69) is 75.0 Å². The summed E-state index contributed by atoms with van der Waals surface area (Å²) in [6, 6.07) is 0. The molecule has 0 spiro atoms. The predicted octanol–water partition coefficient (Wildman–Crippen LogP) is 4.76. The van der Waals surface area contributed by atoms with Crippen LogP contribution in [0.25, 0.3) is 0 Å². The molecular formula is C15H24ClHfSi-2. The van der Waals surface area contributed by atoms with Crippen LogP contribution in [0.15, 0.2) is 35.5 Å². The molecule has 0 aromatic rings. The van der Waals surface area contributed by atoms with Gasteiger partial charge in [-0.05, 0) is 0 Å². The second-order valence-electron chi connectivity index (χ2n) is 3.51. The van der Waals surface area contributed by atoms with Crippen molar-refractivity contribution in [3.05, 3.63) is 47.6 Å². The van der Waals surface area contributed by atoms with Crippen molar-refractivity contribution in [2.24, 2.45) is 0 Å². The maximum Gasteiger partial charge on any atom is 0.0213 e. The number of halogens is 1. The van der Waals surface area contributed by atoms with Gasteiger partial charge in [0.1, 0.15) is 0 Å². The van der Waals surface area contributed by atoms with E-state index in [9.17, 15) is 0 Å². The Balaban J connectivity index is -0.000000179. The second kappa shape index (κ2) is 19.7. The molecule has 0 fully saturated rings. The normalized spacial score (nSPS) is 13.7. The zero-order valence-electron chi connectivity index (χ0n) is 12.2. The molecule has 0 saturated heterocycles. The Labute approximate surface area is 140 Å². The van der Waals surface area contributed by atoms with Gasteiger partial charge in [-0.1, -0.05) is 26.9 Å². The predicted molar refractivity (Wildman–Crippen MR) is 83.0 cm³/mol. The van der Waals surface area contributed by atoms with Gasteiger partial charge in [-0.15, -0.1) is 24.4 Å². The summed E-state index contributed by atoms with van der Waals surface area (Å²) >= 11 is 4.64. The summed E-state index contributed by atoms with van der Waals surface area (Å²) in [6.45, 7) is 8.53. The fourth-order valence-electron chi connectivity index (χ4n) is 1.03. The number of hydrogen-bond acceptors (Lipinski definition) is 0. The van der Waals surface area contributed by atoms with Crippen LogP contribution in [-0.4, -0.2) is 15.9 Å². The third kappa shape index (κ3) is 18.7. The van der Waals surface area contributed by atoms with Crippen LogP contribution < -0.4 is 0 Å². The molecule has 0 bridgehead atoms. The molecule has 2 aliphatic carbocycles. The van der Waals surface area contributed by atoms with Gasteiger partial charge in [0.05, 0.1) is 0 Å². The molecule has 0 saturated carbocycles. The van der Waals surface area contributed by atoms with Crippen LogP contribution in [-0.2, 0) is 25.8 Å². The third-order valence-corrected chi connectivity index (χ3v) is 1.73. The molecule has 0 atom stereocenters. The Hall–Kier alpha value is 0.337. The van der Waals surface area contributed by atoms with Crippen molar-refractivity contribution >= 4 is 21.1 Å².